The lowest BCUT2D eigenvalue weighted by molar-refractivity contribution is 0.0304. The predicted octanol–water partition coefficient (Wildman–Crippen LogP) is 8.21. The van der Waals surface area contributed by atoms with Crippen molar-refractivity contribution in [3.63, 3.8) is 0 Å². The van der Waals surface area contributed by atoms with E-state index < -0.39 is 0 Å². The molecule has 0 radical (unpaired) electrons. The van der Waals surface area contributed by atoms with E-state index in [1.54, 1.807) is 0 Å². The third-order valence-corrected chi connectivity index (χ3v) is 9.30. The minimum absolute atomic E-state index is 0.0680. The maximum absolute atomic E-state index is 10.2. The summed E-state index contributed by atoms with van der Waals surface area (Å²) in [5.41, 5.74) is 6.82. The van der Waals surface area contributed by atoms with Crippen LogP contribution in [0.4, 0.5) is 0 Å². The summed E-state index contributed by atoms with van der Waals surface area (Å²) in [4.78, 5) is 0. The van der Waals surface area contributed by atoms with Gasteiger partial charge in [0.25, 0.3) is 0 Å². The van der Waals surface area contributed by atoms with E-state index in [1.165, 1.54) is 44.9 Å². The van der Waals surface area contributed by atoms with Crippen molar-refractivity contribution in [2.24, 2.45) is 5.41 Å². The van der Waals surface area contributed by atoms with E-state index in [0.29, 0.717) is 23.0 Å². The van der Waals surface area contributed by atoms with Crippen molar-refractivity contribution < 1.29 is 0 Å². The topological polar surface area (TPSA) is 71.4 Å². The number of nitrogens with zero attached hydrogens (tertiary/aromatic N) is 3. The molecular weight excluding hydrogens is 438 g/mol. The van der Waals surface area contributed by atoms with Crippen molar-refractivity contribution in [1.29, 1.82) is 15.8 Å². The number of unbranched alkanes of at least 4 members (excludes halogenated alkanes) is 2. The molecule has 3 heteroatoms. The van der Waals surface area contributed by atoms with Gasteiger partial charge in [-0.25, -0.2) is 0 Å². The number of aryl methyl sites for hydroxylation is 3. The summed E-state index contributed by atoms with van der Waals surface area (Å²) >= 11 is 0. The molecule has 186 valence electrons. The zero-order chi connectivity index (χ0) is 25.6. The van der Waals surface area contributed by atoms with Crippen LogP contribution < -0.4 is 0 Å². The van der Waals surface area contributed by atoms with E-state index in [1.807, 2.05) is 6.07 Å². The number of hydrogen-bond donors (Lipinski definition) is 0. The van der Waals surface area contributed by atoms with Gasteiger partial charge in [-0.2, -0.15) is 15.8 Å². The number of benzene rings is 2. The molecule has 0 unspecified atom stereocenters. The van der Waals surface area contributed by atoms with Gasteiger partial charge in [0.1, 0.15) is 12.1 Å². The Bertz CT molecular complexity index is 1190. The van der Waals surface area contributed by atoms with Gasteiger partial charge in [0, 0.05) is 0 Å². The van der Waals surface area contributed by atoms with Crippen LogP contribution in [0, 0.1) is 39.4 Å². The van der Waals surface area contributed by atoms with Crippen LogP contribution in [-0.4, -0.2) is 0 Å². The predicted molar refractivity (Wildman–Crippen MR) is 144 cm³/mol. The van der Waals surface area contributed by atoms with Crippen molar-refractivity contribution >= 4 is 0 Å². The third kappa shape index (κ3) is 5.06. The highest BCUT2D eigenvalue weighted by atomic mass is 14.5. The standard InChI is InChI=1S/C33H39N3/c1-3-5-6-14-32-15-18-33(19-16-32,20-17-32)31-13-12-27(29(23-35)30(31)24-36)11-9-25-8-10-26(7-4-2)28(21-25)22-34/h8,10,12-13,21H,3-7,9,11,14-20H2,1-2H3. The highest BCUT2D eigenvalue weighted by molar-refractivity contribution is 5.57. The first-order valence-electron chi connectivity index (χ1n) is 14.0. The number of fused-ring (bicyclic) bond motifs is 3. The Morgan fingerprint density at radius 2 is 1.39 bits per heavy atom. The molecule has 3 fully saturated rings. The van der Waals surface area contributed by atoms with Crippen LogP contribution in [0.3, 0.4) is 0 Å². The van der Waals surface area contributed by atoms with Crippen molar-refractivity contribution in [2.75, 3.05) is 0 Å². The molecule has 2 aromatic rings. The molecule has 3 aliphatic rings. The van der Waals surface area contributed by atoms with E-state index in [0.717, 1.165) is 66.3 Å². The second-order valence-corrected chi connectivity index (χ2v) is 11.3. The third-order valence-electron chi connectivity index (χ3n) is 9.30. The molecule has 0 heterocycles. The maximum Gasteiger partial charge on any atom is 0.101 e. The molecule has 0 atom stereocenters. The lowest BCUT2D eigenvalue weighted by Crippen LogP contribution is -2.44. The average molecular weight is 478 g/mol. The SMILES string of the molecule is CCCCCC12CCC(c3ccc(CCc4ccc(CCC)c(C#N)c4)c(C#N)c3C#N)(CC1)CC2. The Morgan fingerprint density at radius 1 is 0.694 bits per heavy atom. The van der Waals surface area contributed by atoms with E-state index in [4.69, 9.17) is 0 Å². The summed E-state index contributed by atoms with van der Waals surface area (Å²) in [6.45, 7) is 4.40. The number of nitriles is 3. The van der Waals surface area contributed by atoms with Crippen LogP contribution in [-0.2, 0) is 24.7 Å². The Kier molecular flexibility index (Phi) is 8.17. The van der Waals surface area contributed by atoms with Gasteiger partial charge in [-0.05, 0) is 103 Å². The number of hydrogen-bond acceptors (Lipinski definition) is 3. The second kappa shape index (κ2) is 11.3. The van der Waals surface area contributed by atoms with Crippen molar-refractivity contribution in [2.45, 2.75) is 109 Å². The molecule has 0 amide bonds. The smallest absolute Gasteiger partial charge is 0.101 e. The first-order valence-corrected chi connectivity index (χ1v) is 14.0. The fraction of sp³-hybridized carbons (Fsp3) is 0.545. The Hall–Kier alpha value is -3.09. The molecule has 0 spiro atoms. The molecule has 3 aliphatic carbocycles. The fourth-order valence-corrected chi connectivity index (χ4v) is 6.98. The molecule has 0 aromatic heterocycles. The van der Waals surface area contributed by atoms with E-state index in [9.17, 15) is 15.8 Å². The van der Waals surface area contributed by atoms with Gasteiger partial charge in [0.15, 0.2) is 0 Å². The highest BCUT2D eigenvalue weighted by Gasteiger charge is 2.49. The van der Waals surface area contributed by atoms with Gasteiger partial charge in [0.05, 0.1) is 22.8 Å². The van der Waals surface area contributed by atoms with Crippen molar-refractivity contribution in [1.82, 2.24) is 0 Å². The summed E-state index contributed by atoms with van der Waals surface area (Å²) in [6.07, 6.45) is 15.9. The monoisotopic (exact) mass is 477 g/mol. The Morgan fingerprint density at radius 3 is 2.00 bits per heavy atom. The van der Waals surface area contributed by atoms with Gasteiger partial charge in [-0.15, -0.1) is 0 Å². The first kappa shape index (κ1) is 26.0. The molecule has 3 nitrogen and oxygen atoms in total. The quantitative estimate of drug-likeness (QED) is 0.324. The molecular formula is C33H39N3. The summed E-state index contributed by atoms with van der Waals surface area (Å²) in [5, 5.41) is 29.9. The Labute approximate surface area is 217 Å². The van der Waals surface area contributed by atoms with Crippen LogP contribution in [0.5, 0.6) is 0 Å². The second-order valence-electron chi connectivity index (χ2n) is 11.3. The lowest BCUT2D eigenvalue weighted by Gasteiger charge is -2.54. The lowest BCUT2D eigenvalue weighted by atomic mass is 9.50. The summed E-state index contributed by atoms with van der Waals surface area (Å²) in [5.74, 6) is 0. The van der Waals surface area contributed by atoms with Crippen LogP contribution in [0.2, 0.25) is 0 Å². The van der Waals surface area contributed by atoms with Gasteiger partial charge in [-0.1, -0.05) is 63.8 Å². The van der Waals surface area contributed by atoms with Gasteiger partial charge >= 0.3 is 0 Å². The van der Waals surface area contributed by atoms with Crippen molar-refractivity contribution in [3.8, 4) is 18.2 Å². The van der Waals surface area contributed by atoms with Gasteiger partial charge < -0.3 is 0 Å². The van der Waals surface area contributed by atoms with E-state index in [-0.39, 0.29) is 5.41 Å². The molecule has 0 aliphatic heterocycles. The molecule has 5 rings (SSSR count). The molecule has 2 aromatic carbocycles. The van der Waals surface area contributed by atoms with E-state index in [2.05, 4.69) is 56.3 Å². The van der Waals surface area contributed by atoms with Crippen molar-refractivity contribution in [3.05, 3.63) is 69.3 Å². The summed E-state index contributed by atoms with van der Waals surface area (Å²) in [6, 6.07) is 17.6. The first-order chi connectivity index (χ1) is 17.5. The minimum atomic E-state index is 0.0680. The largest absolute Gasteiger partial charge is 0.192 e. The van der Waals surface area contributed by atoms with Crippen LogP contribution in [0.25, 0.3) is 0 Å². The van der Waals surface area contributed by atoms with Crippen LogP contribution in [0.15, 0.2) is 30.3 Å². The van der Waals surface area contributed by atoms with E-state index >= 15 is 0 Å². The zero-order valence-electron chi connectivity index (χ0n) is 22.1. The normalized spacial score (nSPS) is 22.5. The summed E-state index contributed by atoms with van der Waals surface area (Å²) in [7, 11) is 0. The highest BCUT2D eigenvalue weighted by Crippen LogP contribution is 2.60. The maximum atomic E-state index is 10.2. The molecule has 0 N–H and O–H groups in total. The zero-order valence-corrected chi connectivity index (χ0v) is 22.1. The average Bonchev–Trinajstić information content (AvgIpc) is 2.93. The Balaban J connectivity index is 1.54. The van der Waals surface area contributed by atoms with Crippen LogP contribution >= 0.6 is 0 Å². The summed E-state index contributed by atoms with van der Waals surface area (Å²) < 4.78 is 0. The minimum Gasteiger partial charge on any atom is -0.192 e. The number of rotatable bonds is 10. The fourth-order valence-electron chi connectivity index (χ4n) is 6.98. The molecule has 2 bridgehead atoms. The van der Waals surface area contributed by atoms with Gasteiger partial charge in [0.2, 0.25) is 0 Å². The van der Waals surface area contributed by atoms with Crippen LogP contribution in [0.1, 0.15) is 123 Å². The molecule has 36 heavy (non-hydrogen) atoms. The van der Waals surface area contributed by atoms with Gasteiger partial charge in [-0.3, -0.25) is 0 Å². The molecule has 0 saturated heterocycles. The molecule has 3 saturated carbocycles.